The van der Waals surface area contributed by atoms with Crippen molar-refractivity contribution < 1.29 is 18.8 Å². The van der Waals surface area contributed by atoms with Crippen LogP contribution in [-0.2, 0) is 16.0 Å². The Morgan fingerprint density at radius 1 is 1.23 bits per heavy atom. The number of likely N-dealkylation sites (tertiary alicyclic amines) is 1. The van der Waals surface area contributed by atoms with Crippen LogP contribution in [0.25, 0.3) is 0 Å². The Morgan fingerprint density at radius 2 is 1.97 bits per heavy atom. The lowest BCUT2D eigenvalue weighted by Gasteiger charge is -2.32. The van der Waals surface area contributed by atoms with Crippen LogP contribution in [0.2, 0.25) is 0 Å². The van der Waals surface area contributed by atoms with E-state index in [1.165, 1.54) is 17.3 Å². The number of nitrogens with one attached hydrogen (secondary N) is 1. The number of benzene rings is 1. The lowest BCUT2D eigenvalue weighted by molar-refractivity contribution is -0.129. The van der Waals surface area contributed by atoms with E-state index in [1.807, 2.05) is 24.0 Å². The van der Waals surface area contributed by atoms with Crippen LogP contribution in [0.1, 0.15) is 37.5 Å². The first-order valence-electron chi connectivity index (χ1n) is 10.8. The Bertz CT molecular complexity index is 845. The molecule has 1 saturated heterocycles. The van der Waals surface area contributed by atoms with Crippen molar-refractivity contribution in [1.82, 2.24) is 10.1 Å². The van der Waals surface area contributed by atoms with Crippen molar-refractivity contribution in [1.29, 1.82) is 0 Å². The number of rotatable bonds is 10. The highest BCUT2D eigenvalue weighted by Crippen LogP contribution is 2.24. The molecule has 0 radical (unpaired) electrons. The van der Waals surface area contributed by atoms with Crippen molar-refractivity contribution in [2.45, 2.75) is 39.5 Å². The smallest absolute Gasteiger partial charge is 0.235 e. The van der Waals surface area contributed by atoms with E-state index in [4.69, 9.17) is 9.26 Å². The fourth-order valence-electron chi connectivity index (χ4n) is 3.69. The second-order valence-corrected chi connectivity index (χ2v) is 8.79. The van der Waals surface area contributed by atoms with Crippen LogP contribution in [-0.4, -0.2) is 53.1 Å². The predicted molar refractivity (Wildman–Crippen MR) is 122 cm³/mol. The monoisotopic (exact) mass is 445 g/mol. The van der Waals surface area contributed by atoms with Gasteiger partial charge >= 0.3 is 0 Å². The largest absolute Gasteiger partial charge is 0.494 e. The highest BCUT2D eigenvalue weighted by molar-refractivity contribution is 8.00. The Morgan fingerprint density at radius 3 is 2.61 bits per heavy atom. The standard InChI is InChI=1S/C23H31N3O4S/c1-3-29-20-8-6-18(7-9-20)4-5-19-10-12-26(13-11-19)23(28)16-31-15-22(27)24-21-14-17(2)30-25-21/h6-9,14,19H,3-5,10-13,15-16H2,1-2H3,(H,24,25,27). The highest BCUT2D eigenvalue weighted by Gasteiger charge is 2.22. The first-order valence-corrected chi connectivity index (χ1v) is 12.0. The second-order valence-electron chi connectivity index (χ2n) is 7.80. The van der Waals surface area contributed by atoms with E-state index in [0.29, 0.717) is 29.9 Å². The maximum Gasteiger partial charge on any atom is 0.235 e. The summed E-state index contributed by atoms with van der Waals surface area (Å²) in [5.74, 6) is 3.08. The molecule has 0 atom stereocenters. The van der Waals surface area contributed by atoms with Gasteiger partial charge in [0.2, 0.25) is 11.8 Å². The molecule has 1 aromatic heterocycles. The Labute approximate surface area is 187 Å². The number of thioether (sulfide) groups is 1. The Kier molecular flexibility index (Phi) is 8.82. The molecule has 1 aliphatic rings. The van der Waals surface area contributed by atoms with Gasteiger partial charge in [-0.25, -0.2) is 0 Å². The summed E-state index contributed by atoms with van der Waals surface area (Å²) in [5.41, 5.74) is 1.33. The van der Waals surface area contributed by atoms with Crippen LogP contribution < -0.4 is 10.1 Å². The maximum atomic E-state index is 12.4. The molecule has 168 valence electrons. The summed E-state index contributed by atoms with van der Waals surface area (Å²) in [5, 5.41) is 6.39. The molecule has 3 rings (SSSR count). The lowest BCUT2D eigenvalue weighted by Crippen LogP contribution is -2.39. The lowest BCUT2D eigenvalue weighted by atomic mass is 9.90. The molecule has 1 aliphatic heterocycles. The molecule has 0 spiro atoms. The Hall–Kier alpha value is -2.48. The highest BCUT2D eigenvalue weighted by atomic mass is 32.2. The summed E-state index contributed by atoms with van der Waals surface area (Å²) in [6.45, 7) is 6.04. The average molecular weight is 446 g/mol. The van der Waals surface area contributed by atoms with E-state index in [9.17, 15) is 9.59 Å². The molecule has 0 saturated carbocycles. The molecule has 1 aromatic carbocycles. The topological polar surface area (TPSA) is 84.7 Å². The molecule has 8 heteroatoms. The first-order chi connectivity index (χ1) is 15.0. The number of carbonyl (C=O) groups excluding carboxylic acids is 2. The van der Waals surface area contributed by atoms with Gasteiger partial charge in [0.25, 0.3) is 0 Å². The van der Waals surface area contributed by atoms with Gasteiger partial charge in [0.1, 0.15) is 11.5 Å². The number of ether oxygens (including phenoxy) is 1. The molecule has 2 aromatic rings. The maximum absolute atomic E-state index is 12.4. The number of aromatic nitrogens is 1. The molecule has 31 heavy (non-hydrogen) atoms. The fraction of sp³-hybridized carbons (Fsp3) is 0.522. The average Bonchev–Trinajstić information content (AvgIpc) is 3.18. The summed E-state index contributed by atoms with van der Waals surface area (Å²) < 4.78 is 10.4. The van der Waals surface area contributed by atoms with E-state index in [0.717, 1.165) is 44.5 Å². The minimum Gasteiger partial charge on any atom is -0.494 e. The van der Waals surface area contributed by atoms with E-state index in [1.54, 1.807) is 13.0 Å². The van der Waals surface area contributed by atoms with Crippen molar-refractivity contribution in [3.8, 4) is 5.75 Å². The summed E-state index contributed by atoms with van der Waals surface area (Å²) in [7, 11) is 0. The zero-order valence-corrected chi connectivity index (χ0v) is 19.1. The van der Waals surface area contributed by atoms with E-state index >= 15 is 0 Å². The quantitative estimate of drug-likeness (QED) is 0.597. The molecule has 2 amide bonds. The van der Waals surface area contributed by atoms with Crippen molar-refractivity contribution in [2.24, 2.45) is 5.92 Å². The summed E-state index contributed by atoms with van der Waals surface area (Å²) in [4.78, 5) is 26.3. The van der Waals surface area contributed by atoms with Gasteiger partial charge in [0.05, 0.1) is 18.1 Å². The third-order valence-electron chi connectivity index (χ3n) is 5.40. The summed E-state index contributed by atoms with van der Waals surface area (Å²) >= 11 is 1.33. The van der Waals surface area contributed by atoms with Crippen molar-refractivity contribution >= 4 is 29.4 Å². The predicted octanol–water partition coefficient (Wildman–Crippen LogP) is 3.92. The van der Waals surface area contributed by atoms with Gasteiger partial charge in [-0.1, -0.05) is 17.3 Å². The van der Waals surface area contributed by atoms with E-state index < -0.39 is 0 Å². The number of anilines is 1. The SMILES string of the molecule is CCOc1ccc(CCC2CCN(C(=O)CSCC(=O)Nc3cc(C)on3)CC2)cc1. The number of piperidine rings is 1. The molecule has 0 aliphatic carbocycles. The van der Waals surface area contributed by atoms with Gasteiger partial charge in [-0.05, 0) is 63.1 Å². The molecule has 1 fully saturated rings. The number of hydrogen-bond donors (Lipinski definition) is 1. The zero-order chi connectivity index (χ0) is 22.1. The van der Waals surface area contributed by atoms with Crippen LogP contribution in [0.4, 0.5) is 5.82 Å². The number of amides is 2. The molecule has 1 N–H and O–H groups in total. The van der Waals surface area contributed by atoms with Crippen LogP contribution in [0.15, 0.2) is 34.9 Å². The van der Waals surface area contributed by atoms with Crippen LogP contribution in [0.3, 0.4) is 0 Å². The third kappa shape index (κ3) is 7.61. The molecule has 0 unspecified atom stereocenters. The minimum absolute atomic E-state index is 0.111. The normalized spacial score (nSPS) is 14.5. The number of carbonyl (C=O) groups is 2. The van der Waals surface area contributed by atoms with E-state index in [2.05, 4.69) is 22.6 Å². The van der Waals surface area contributed by atoms with E-state index in [-0.39, 0.29) is 17.6 Å². The first kappa shape index (κ1) is 23.2. The van der Waals surface area contributed by atoms with Gasteiger partial charge in [0, 0.05) is 19.2 Å². The van der Waals surface area contributed by atoms with Gasteiger partial charge in [-0.2, -0.15) is 0 Å². The van der Waals surface area contributed by atoms with Crippen molar-refractivity contribution in [2.75, 3.05) is 36.5 Å². The number of nitrogens with zero attached hydrogens (tertiary/aromatic N) is 2. The second kappa shape index (κ2) is 11.8. The van der Waals surface area contributed by atoms with Gasteiger partial charge in [0.15, 0.2) is 5.82 Å². The molecule has 2 heterocycles. The van der Waals surface area contributed by atoms with Crippen LogP contribution >= 0.6 is 11.8 Å². The van der Waals surface area contributed by atoms with Crippen molar-refractivity contribution in [3.05, 3.63) is 41.7 Å². The Balaban J connectivity index is 1.29. The molecule has 0 bridgehead atoms. The molecule has 7 nitrogen and oxygen atoms in total. The van der Waals surface area contributed by atoms with Gasteiger partial charge < -0.3 is 19.5 Å². The van der Waals surface area contributed by atoms with Crippen LogP contribution in [0, 0.1) is 12.8 Å². The van der Waals surface area contributed by atoms with Crippen LogP contribution in [0.5, 0.6) is 5.75 Å². The summed E-state index contributed by atoms with van der Waals surface area (Å²) in [6, 6.07) is 10.0. The van der Waals surface area contributed by atoms with Gasteiger partial charge in [-0.15, -0.1) is 11.8 Å². The third-order valence-corrected chi connectivity index (χ3v) is 6.31. The summed E-state index contributed by atoms with van der Waals surface area (Å²) in [6.07, 6.45) is 4.28. The number of hydrogen-bond acceptors (Lipinski definition) is 6. The van der Waals surface area contributed by atoms with Gasteiger partial charge in [-0.3, -0.25) is 9.59 Å². The molecular weight excluding hydrogens is 414 g/mol. The minimum atomic E-state index is -0.181. The van der Waals surface area contributed by atoms with Crippen molar-refractivity contribution in [3.63, 3.8) is 0 Å². The molecular formula is C23H31N3O4S. The number of aryl methyl sites for hydroxylation is 2. The zero-order valence-electron chi connectivity index (χ0n) is 18.3. The fourth-order valence-corrected chi connectivity index (χ4v) is 4.40.